The molecule has 1 aliphatic rings. The third-order valence-corrected chi connectivity index (χ3v) is 2.21. The molecule has 0 aromatic heterocycles. The van der Waals surface area contributed by atoms with Crippen LogP contribution in [0.4, 0.5) is 0 Å². The SMILES string of the molecule is O=C1CN(CCS(=O)[O-])CCN1. The normalized spacial score (nSPS) is 21.9. The number of piperazine rings is 1. The van der Waals surface area contributed by atoms with E-state index in [9.17, 15) is 13.6 Å². The molecule has 5 nitrogen and oxygen atoms in total. The Labute approximate surface area is 73.4 Å². The number of hydrogen-bond donors (Lipinski definition) is 1. The van der Waals surface area contributed by atoms with Crippen LogP contribution in [-0.4, -0.2) is 51.5 Å². The minimum Gasteiger partial charge on any atom is -0.772 e. The minimum atomic E-state index is -2.00. The van der Waals surface area contributed by atoms with Crippen LogP contribution in [0.2, 0.25) is 0 Å². The Bertz CT molecular complexity index is 197. The lowest BCUT2D eigenvalue weighted by atomic mass is 10.3. The molecule has 12 heavy (non-hydrogen) atoms. The van der Waals surface area contributed by atoms with Crippen molar-refractivity contribution in [3.63, 3.8) is 0 Å². The number of hydrogen-bond acceptors (Lipinski definition) is 4. The van der Waals surface area contributed by atoms with Gasteiger partial charge in [0.1, 0.15) is 0 Å². The molecule has 1 unspecified atom stereocenters. The average molecular weight is 191 g/mol. The van der Waals surface area contributed by atoms with Gasteiger partial charge in [0.15, 0.2) is 0 Å². The molecule has 1 N–H and O–H groups in total. The van der Waals surface area contributed by atoms with Crippen molar-refractivity contribution in [3.05, 3.63) is 0 Å². The number of amides is 1. The third-order valence-electron chi connectivity index (χ3n) is 1.69. The van der Waals surface area contributed by atoms with E-state index in [1.54, 1.807) is 0 Å². The first-order valence-electron chi connectivity index (χ1n) is 3.73. The Morgan fingerprint density at radius 3 is 3.00 bits per heavy atom. The van der Waals surface area contributed by atoms with Crippen LogP contribution < -0.4 is 5.32 Å². The van der Waals surface area contributed by atoms with E-state index < -0.39 is 11.1 Å². The number of carbonyl (C=O) groups excluding carboxylic acids is 1. The molecule has 1 saturated heterocycles. The van der Waals surface area contributed by atoms with Crippen molar-refractivity contribution in [2.45, 2.75) is 0 Å². The largest absolute Gasteiger partial charge is 0.772 e. The second kappa shape index (κ2) is 4.54. The second-order valence-corrected chi connectivity index (χ2v) is 3.65. The second-order valence-electron chi connectivity index (χ2n) is 2.63. The zero-order chi connectivity index (χ0) is 8.97. The topological polar surface area (TPSA) is 72.5 Å². The number of nitrogens with zero attached hydrogens (tertiary/aromatic N) is 1. The van der Waals surface area contributed by atoms with Crippen molar-refractivity contribution < 1.29 is 13.6 Å². The van der Waals surface area contributed by atoms with E-state index in [4.69, 9.17) is 0 Å². The first kappa shape index (κ1) is 9.63. The summed E-state index contributed by atoms with van der Waals surface area (Å²) in [4.78, 5) is 12.6. The van der Waals surface area contributed by atoms with Gasteiger partial charge in [0.2, 0.25) is 5.91 Å². The Hall–Kier alpha value is -0.460. The van der Waals surface area contributed by atoms with Crippen molar-refractivity contribution in [1.29, 1.82) is 0 Å². The van der Waals surface area contributed by atoms with Gasteiger partial charge in [0.05, 0.1) is 6.54 Å². The fourth-order valence-corrected chi connectivity index (χ4v) is 1.49. The van der Waals surface area contributed by atoms with E-state index in [0.717, 1.165) is 6.54 Å². The lowest BCUT2D eigenvalue weighted by molar-refractivity contribution is -0.123. The molecular formula is C6H11N2O3S-. The molecule has 1 aliphatic heterocycles. The van der Waals surface area contributed by atoms with Crippen LogP contribution in [0.5, 0.6) is 0 Å². The molecule has 0 bridgehead atoms. The highest BCUT2D eigenvalue weighted by Gasteiger charge is 2.14. The van der Waals surface area contributed by atoms with E-state index in [-0.39, 0.29) is 11.7 Å². The predicted molar refractivity (Wildman–Crippen MR) is 43.2 cm³/mol. The molecule has 1 heterocycles. The van der Waals surface area contributed by atoms with Gasteiger partial charge in [-0.05, 0) is 0 Å². The fraction of sp³-hybridized carbons (Fsp3) is 0.833. The molecule has 0 aliphatic carbocycles. The molecule has 1 atom stereocenters. The lowest BCUT2D eigenvalue weighted by Crippen LogP contribution is -2.48. The van der Waals surface area contributed by atoms with E-state index in [1.807, 2.05) is 4.90 Å². The molecule has 6 heteroatoms. The molecule has 1 fully saturated rings. The monoisotopic (exact) mass is 191 g/mol. The number of carbonyl (C=O) groups is 1. The third kappa shape index (κ3) is 3.29. The van der Waals surface area contributed by atoms with Crippen LogP contribution in [-0.2, 0) is 15.9 Å². The van der Waals surface area contributed by atoms with Gasteiger partial charge >= 0.3 is 0 Å². The molecule has 70 valence electrons. The summed E-state index contributed by atoms with van der Waals surface area (Å²) >= 11 is -2.00. The van der Waals surface area contributed by atoms with Gasteiger partial charge in [-0.3, -0.25) is 13.9 Å². The zero-order valence-corrected chi connectivity index (χ0v) is 7.43. The Kier molecular flexibility index (Phi) is 3.64. The van der Waals surface area contributed by atoms with Gasteiger partial charge in [0, 0.05) is 25.4 Å². The first-order chi connectivity index (χ1) is 5.68. The van der Waals surface area contributed by atoms with Gasteiger partial charge in [-0.25, -0.2) is 0 Å². The van der Waals surface area contributed by atoms with Crippen molar-refractivity contribution in [2.24, 2.45) is 0 Å². The van der Waals surface area contributed by atoms with Crippen molar-refractivity contribution in [1.82, 2.24) is 10.2 Å². The van der Waals surface area contributed by atoms with Crippen molar-refractivity contribution in [3.8, 4) is 0 Å². The molecule has 1 amide bonds. The highest BCUT2D eigenvalue weighted by molar-refractivity contribution is 7.79. The highest BCUT2D eigenvalue weighted by atomic mass is 32.2. The summed E-state index contributed by atoms with van der Waals surface area (Å²) in [6, 6.07) is 0. The summed E-state index contributed by atoms with van der Waals surface area (Å²) < 4.78 is 20.4. The lowest BCUT2D eigenvalue weighted by Gasteiger charge is -2.26. The van der Waals surface area contributed by atoms with E-state index in [1.165, 1.54) is 0 Å². The summed E-state index contributed by atoms with van der Waals surface area (Å²) in [6.07, 6.45) is 0. The standard InChI is InChI=1S/C6H12N2O3S/c9-6-5-8(2-1-7-6)3-4-12(10)11/h1-5H2,(H,7,9)(H,10,11)/p-1. The highest BCUT2D eigenvalue weighted by Crippen LogP contribution is 1.92. The Balaban J connectivity index is 2.23. The quantitative estimate of drug-likeness (QED) is 0.539. The van der Waals surface area contributed by atoms with Crippen LogP contribution in [0, 0.1) is 0 Å². The Morgan fingerprint density at radius 2 is 2.42 bits per heavy atom. The summed E-state index contributed by atoms with van der Waals surface area (Å²) in [6.45, 7) is 2.12. The number of nitrogens with one attached hydrogen (secondary N) is 1. The van der Waals surface area contributed by atoms with Crippen molar-refractivity contribution in [2.75, 3.05) is 31.9 Å². The van der Waals surface area contributed by atoms with Gasteiger partial charge in [-0.2, -0.15) is 0 Å². The maximum atomic E-state index is 10.8. The number of rotatable bonds is 3. The van der Waals surface area contributed by atoms with E-state index in [2.05, 4.69) is 5.32 Å². The first-order valence-corrected chi connectivity index (χ1v) is 4.98. The smallest absolute Gasteiger partial charge is 0.234 e. The minimum absolute atomic E-state index is 0.0297. The molecule has 0 radical (unpaired) electrons. The van der Waals surface area contributed by atoms with Gasteiger partial charge in [0.25, 0.3) is 0 Å². The zero-order valence-electron chi connectivity index (χ0n) is 6.62. The summed E-state index contributed by atoms with van der Waals surface area (Å²) in [5.74, 6) is 0.0748. The molecule has 0 aromatic carbocycles. The molecular weight excluding hydrogens is 180 g/mol. The maximum Gasteiger partial charge on any atom is 0.234 e. The van der Waals surface area contributed by atoms with Crippen LogP contribution in [0.1, 0.15) is 0 Å². The van der Waals surface area contributed by atoms with Crippen molar-refractivity contribution >= 4 is 17.0 Å². The predicted octanol–water partition coefficient (Wildman–Crippen LogP) is -1.70. The Morgan fingerprint density at radius 1 is 1.67 bits per heavy atom. The van der Waals surface area contributed by atoms with E-state index >= 15 is 0 Å². The maximum absolute atomic E-state index is 10.8. The molecule has 0 aromatic rings. The fourth-order valence-electron chi connectivity index (χ4n) is 1.09. The van der Waals surface area contributed by atoms with Crippen LogP contribution in [0.15, 0.2) is 0 Å². The van der Waals surface area contributed by atoms with Gasteiger partial charge in [-0.1, -0.05) is 11.1 Å². The van der Waals surface area contributed by atoms with Crippen LogP contribution in [0.3, 0.4) is 0 Å². The van der Waals surface area contributed by atoms with Crippen LogP contribution in [0.25, 0.3) is 0 Å². The average Bonchev–Trinajstić information content (AvgIpc) is 2.01. The van der Waals surface area contributed by atoms with Gasteiger partial charge < -0.3 is 9.87 Å². The molecule has 0 saturated carbocycles. The molecule has 0 spiro atoms. The van der Waals surface area contributed by atoms with E-state index in [0.29, 0.717) is 19.6 Å². The molecule has 1 rings (SSSR count). The summed E-state index contributed by atoms with van der Waals surface area (Å²) in [7, 11) is 0. The van der Waals surface area contributed by atoms with Gasteiger partial charge in [-0.15, -0.1) is 0 Å². The summed E-state index contributed by atoms with van der Waals surface area (Å²) in [5.41, 5.74) is 0. The summed E-state index contributed by atoms with van der Waals surface area (Å²) in [5, 5.41) is 2.67. The van der Waals surface area contributed by atoms with Crippen LogP contribution >= 0.6 is 0 Å².